The molecule has 3 heteroatoms. The third-order valence-electron chi connectivity index (χ3n) is 3.41. The molecule has 88 valence electrons. The molecule has 0 aromatic heterocycles. The smallest absolute Gasteiger partial charge is 0.137 e. The van der Waals surface area contributed by atoms with Gasteiger partial charge < -0.3 is 10.2 Å². The van der Waals surface area contributed by atoms with Gasteiger partial charge in [0.25, 0.3) is 0 Å². The number of aromatic hydroxyl groups is 1. The second-order valence-corrected chi connectivity index (χ2v) is 6.29. The highest BCUT2D eigenvalue weighted by atomic mass is 32.2. The van der Waals surface area contributed by atoms with E-state index in [-0.39, 0.29) is 0 Å². The minimum absolute atomic E-state index is 0.352. The van der Waals surface area contributed by atoms with Gasteiger partial charge in [-0.15, -0.1) is 0 Å². The topological polar surface area (TPSA) is 40.5 Å². The molecule has 1 aromatic carbocycles. The van der Waals surface area contributed by atoms with Crippen molar-refractivity contribution in [3.05, 3.63) is 27.8 Å². The number of phenolic OH excluding ortho intramolecular Hbond substituents is 1. The maximum Gasteiger partial charge on any atom is 0.137 e. The largest absolute Gasteiger partial charge is 0.507 e. The van der Waals surface area contributed by atoms with Crippen LogP contribution < -0.4 is 0 Å². The van der Waals surface area contributed by atoms with Gasteiger partial charge in [0.2, 0.25) is 0 Å². The van der Waals surface area contributed by atoms with Gasteiger partial charge in [-0.1, -0.05) is 6.92 Å². The van der Waals surface area contributed by atoms with Crippen molar-refractivity contribution in [2.45, 2.75) is 32.1 Å². The molecule has 0 fully saturated rings. The number of hydrogen-bond acceptors (Lipinski definition) is 2. The summed E-state index contributed by atoms with van der Waals surface area (Å²) in [5, 5.41) is 20.6. The third kappa shape index (κ3) is 1.34. The summed E-state index contributed by atoms with van der Waals surface area (Å²) in [6.45, 7) is 5.90. The highest BCUT2D eigenvalue weighted by Gasteiger charge is 2.27. The van der Waals surface area contributed by atoms with E-state index in [9.17, 15) is 10.2 Å². The lowest BCUT2D eigenvalue weighted by atomic mass is 9.98. The molecule has 0 spiro atoms. The zero-order chi connectivity index (χ0) is 12.0. The predicted molar refractivity (Wildman–Crippen MR) is 70.6 cm³/mol. The van der Waals surface area contributed by atoms with Crippen LogP contribution in [0.2, 0.25) is 0 Å². The number of rotatable bonds is 1. The van der Waals surface area contributed by atoms with Crippen molar-refractivity contribution in [1.82, 2.24) is 0 Å². The zero-order valence-electron chi connectivity index (χ0n) is 10.1. The minimum atomic E-state index is -0.657. The van der Waals surface area contributed by atoms with E-state index in [1.54, 1.807) is 0 Å². The van der Waals surface area contributed by atoms with E-state index in [0.29, 0.717) is 10.8 Å². The van der Waals surface area contributed by atoms with E-state index < -0.39 is 10.9 Å². The molecule has 16 heavy (non-hydrogen) atoms. The van der Waals surface area contributed by atoms with Gasteiger partial charge in [0.1, 0.15) is 10.8 Å². The van der Waals surface area contributed by atoms with Crippen molar-refractivity contribution >= 4 is 16.5 Å². The first-order valence-electron chi connectivity index (χ1n) is 5.48. The number of aliphatic hydroxyl groups is 1. The Morgan fingerprint density at radius 1 is 1.25 bits per heavy atom. The van der Waals surface area contributed by atoms with Crippen molar-refractivity contribution in [1.29, 1.82) is 0 Å². The fourth-order valence-corrected chi connectivity index (χ4v) is 4.09. The number of aliphatic hydroxyl groups excluding tert-OH is 1. The van der Waals surface area contributed by atoms with Gasteiger partial charge in [0, 0.05) is 16.0 Å². The van der Waals surface area contributed by atoms with Crippen LogP contribution >= 0.6 is 10.9 Å². The quantitative estimate of drug-likeness (QED) is 0.655. The first-order chi connectivity index (χ1) is 7.49. The number of allylic oxidation sites excluding steroid dienone is 1. The van der Waals surface area contributed by atoms with Crippen molar-refractivity contribution in [3.8, 4) is 5.75 Å². The fourth-order valence-electron chi connectivity index (χ4n) is 2.29. The molecule has 0 saturated carbocycles. The maximum atomic E-state index is 10.2. The van der Waals surface area contributed by atoms with Crippen LogP contribution in [-0.4, -0.2) is 16.5 Å². The molecular weight excluding hydrogens is 220 g/mol. The Balaban J connectivity index is 2.75. The Kier molecular flexibility index (Phi) is 2.66. The summed E-state index contributed by atoms with van der Waals surface area (Å²) >= 11 is 0. The first-order valence-corrected chi connectivity index (χ1v) is 7.27. The maximum absolute atomic E-state index is 10.2. The van der Waals surface area contributed by atoms with E-state index >= 15 is 0 Å². The Labute approximate surface area is 99.0 Å². The van der Waals surface area contributed by atoms with E-state index in [1.165, 1.54) is 5.56 Å². The number of benzene rings is 1. The highest BCUT2D eigenvalue weighted by Crippen LogP contribution is 2.55. The van der Waals surface area contributed by atoms with Gasteiger partial charge in [-0.05, 0) is 43.7 Å². The van der Waals surface area contributed by atoms with E-state index in [4.69, 9.17) is 0 Å². The lowest BCUT2D eigenvalue weighted by Gasteiger charge is -2.15. The van der Waals surface area contributed by atoms with Gasteiger partial charge >= 0.3 is 0 Å². The molecule has 1 unspecified atom stereocenters. The number of thiol groups is 1. The van der Waals surface area contributed by atoms with Crippen LogP contribution in [0, 0.1) is 6.92 Å². The highest BCUT2D eigenvalue weighted by molar-refractivity contribution is 8.20. The van der Waals surface area contributed by atoms with E-state index in [0.717, 1.165) is 28.0 Å². The second-order valence-electron chi connectivity index (χ2n) is 4.26. The van der Waals surface area contributed by atoms with Crippen LogP contribution in [0.3, 0.4) is 0 Å². The normalized spacial score (nSPS) is 21.4. The molecular formula is C13H18O2S. The number of hydrogen-bond donors (Lipinski definition) is 3. The first kappa shape index (κ1) is 11.4. The summed E-state index contributed by atoms with van der Waals surface area (Å²) in [6.07, 6.45) is 2.95. The van der Waals surface area contributed by atoms with Crippen molar-refractivity contribution in [2.75, 3.05) is 6.26 Å². The summed E-state index contributed by atoms with van der Waals surface area (Å²) in [6, 6.07) is 2.14. The predicted octanol–water partition coefficient (Wildman–Crippen LogP) is 3.51. The Morgan fingerprint density at radius 2 is 1.88 bits per heavy atom. The Hall–Kier alpha value is -1.09. The molecule has 2 N–H and O–H groups in total. The lowest BCUT2D eigenvalue weighted by molar-refractivity contribution is 0.455. The molecule has 1 atom stereocenters. The lowest BCUT2D eigenvalue weighted by Crippen LogP contribution is -1.93. The van der Waals surface area contributed by atoms with Crippen LogP contribution in [0.15, 0.2) is 16.1 Å². The van der Waals surface area contributed by atoms with Crippen LogP contribution in [0.1, 0.15) is 30.5 Å². The van der Waals surface area contributed by atoms with Crippen molar-refractivity contribution < 1.29 is 10.2 Å². The molecule has 1 aliphatic heterocycles. The Morgan fingerprint density at radius 3 is 2.44 bits per heavy atom. The molecule has 1 heterocycles. The molecule has 1 aliphatic rings. The molecule has 0 saturated heterocycles. The zero-order valence-corrected chi connectivity index (χ0v) is 11.0. The van der Waals surface area contributed by atoms with Gasteiger partial charge in [0.15, 0.2) is 0 Å². The molecule has 0 radical (unpaired) electrons. The molecule has 1 aromatic rings. The average molecular weight is 238 g/mol. The SMILES string of the molecule is CCc1cc2c(c(O)c1C)C(C)=C(O)[SH]2C. The van der Waals surface area contributed by atoms with Gasteiger partial charge in [-0.3, -0.25) is 0 Å². The number of aryl methyl sites for hydroxylation is 1. The summed E-state index contributed by atoms with van der Waals surface area (Å²) in [7, 11) is -0.657. The van der Waals surface area contributed by atoms with Crippen LogP contribution in [0.25, 0.3) is 5.57 Å². The van der Waals surface area contributed by atoms with Crippen LogP contribution in [0.5, 0.6) is 5.75 Å². The minimum Gasteiger partial charge on any atom is -0.507 e. The van der Waals surface area contributed by atoms with E-state index in [2.05, 4.69) is 13.0 Å². The summed E-state index contributed by atoms with van der Waals surface area (Å²) in [5.41, 5.74) is 3.82. The van der Waals surface area contributed by atoms with Crippen LogP contribution in [0.4, 0.5) is 0 Å². The van der Waals surface area contributed by atoms with E-state index in [1.807, 2.05) is 20.1 Å². The van der Waals surface area contributed by atoms with Gasteiger partial charge in [-0.2, -0.15) is 10.9 Å². The fraction of sp³-hybridized carbons (Fsp3) is 0.385. The van der Waals surface area contributed by atoms with Crippen molar-refractivity contribution in [3.63, 3.8) is 0 Å². The number of fused-ring (bicyclic) bond motifs is 1. The molecule has 0 amide bonds. The van der Waals surface area contributed by atoms with Crippen molar-refractivity contribution in [2.24, 2.45) is 0 Å². The third-order valence-corrected chi connectivity index (χ3v) is 5.46. The van der Waals surface area contributed by atoms with Gasteiger partial charge in [-0.25, -0.2) is 0 Å². The molecule has 0 bridgehead atoms. The summed E-state index contributed by atoms with van der Waals surface area (Å²) < 4.78 is 0. The second kappa shape index (κ2) is 3.74. The number of phenols is 1. The monoisotopic (exact) mass is 238 g/mol. The van der Waals surface area contributed by atoms with Crippen LogP contribution in [-0.2, 0) is 6.42 Å². The molecule has 0 aliphatic carbocycles. The Bertz CT molecular complexity index is 489. The summed E-state index contributed by atoms with van der Waals surface area (Å²) in [4.78, 5) is 1.12. The van der Waals surface area contributed by atoms with Gasteiger partial charge in [0.05, 0.1) is 0 Å². The average Bonchev–Trinajstić information content (AvgIpc) is 2.48. The molecule has 2 rings (SSSR count). The molecule has 2 nitrogen and oxygen atoms in total. The standard InChI is InChI=1S/C13H18O2S/c1-5-9-6-10-11(12(14)7(9)2)8(3)13(15)16(10)4/h6,14-16H,5H2,1-4H3. The summed E-state index contributed by atoms with van der Waals surface area (Å²) in [5.74, 6) is 0.352.